The topological polar surface area (TPSA) is 29.5 Å². The van der Waals surface area contributed by atoms with Crippen molar-refractivity contribution >= 4 is 0 Å². The van der Waals surface area contributed by atoms with Gasteiger partial charge in [0.2, 0.25) is 0 Å². The molecule has 1 aliphatic heterocycles. The van der Waals surface area contributed by atoms with Crippen LogP contribution in [0.2, 0.25) is 0 Å². The summed E-state index contributed by atoms with van der Waals surface area (Å²) in [6.07, 6.45) is -1.73. The Balaban J connectivity index is 2.05. The van der Waals surface area contributed by atoms with Crippen LogP contribution in [-0.4, -0.2) is 11.2 Å². The lowest BCUT2D eigenvalue weighted by atomic mass is 9.67. The van der Waals surface area contributed by atoms with Crippen LogP contribution in [0, 0.1) is 5.92 Å². The number of ether oxygens (including phenoxy) is 1. The smallest absolute Gasteiger partial charge is 0.401 e. The van der Waals surface area contributed by atoms with Gasteiger partial charge in [0.15, 0.2) is 0 Å². The van der Waals surface area contributed by atoms with E-state index in [1.807, 2.05) is 0 Å². The van der Waals surface area contributed by atoms with E-state index < -0.39 is 12.0 Å². The van der Waals surface area contributed by atoms with Gasteiger partial charge in [0, 0.05) is 0 Å². The molecule has 0 amide bonds. The Morgan fingerprint density at radius 3 is 2.81 bits per heavy atom. The molecule has 2 nitrogen and oxygen atoms in total. The highest BCUT2D eigenvalue weighted by Crippen LogP contribution is 2.56. The van der Waals surface area contributed by atoms with Gasteiger partial charge in [0.05, 0.1) is 12.5 Å². The zero-order valence-electron chi connectivity index (χ0n) is 8.62. The maximum Gasteiger partial charge on any atom is 0.401 e. The zero-order chi connectivity index (χ0) is 11.3. The summed E-state index contributed by atoms with van der Waals surface area (Å²) in [5, 5.41) is 9.02. The van der Waals surface area contributed by atoms with Crippen molar-refractivity contribution in [3.8, 4) is 5.75 Å². The van der Waals surface area contributed by atoms with Crippen LogP contribution in [0.1, 0.15) is 29.9 Å². The van der Waals surface area contributed by atoms with Gasteiger partial charge in [0.25, 0.3) is 0 Å². The number of fused-ring (bicyclic) bond motifs is 3. The Hall–Kier alpha value is -1.16. The first-order valence-corrected chi connectivity index (χ1v) is 5.42. The highest BCUT2D eigenvalue weighted by molar-refractivity contribution is 5.43. The molecule has 2 unspecified atom stereocenters. The molecular formula is C12H12F2O2. The summed E-state index contributed by atoms with van der Waals surface area (Å²) in [6, 6.07) is 4.93. The van der Waals surface area contributed by atoms with E-state index in [9.17, 15) is 8.78 Å². The fourth-order valence-corrected chi connectivity index (χ4v) is 2.58. The molecule has 1 N–H and O–H groups in total. The van der Waals surface area contributed by atoms with Crippen molar-refractivity contribution in [3.63, 3.8) is 0 Å². The van der Waals surface area contributed by atoms with Gasteiger partial charge in [-0.2, -0.15) is 8.78 Å². The monoisotopic (exact) mass is 226 g/mol. The van der Waals surface area contributed by atoms with Gasteiger partial charge >= 0.3 is 6.11 Å². The van der Waals surface area contributed by atoms with Gasteiger partial charge in [-0.3, -0.25) is 0 Å². The van der Waals surface area contributed by atoms with Gasteiger partial charge in [0.1, 0.15) is 5.75 Å². The Kier molecular flexibility index (Phi) is 1.98. The lowest BCUT2D eigenvalue weighted by Crippen LogP contribution is -2.47. The molecule has 1 heterocycles. The molecule has 86 valence electrons. The maximum absolute atomic E-state index is 13.5. The largest absolute Gasteiger partial charge is 0.432 e. The Morgan fingerprint density at radius 1 is 1.38 bits per heavy atom. The molecule has 16 heavy (non-hydrogen) atoms. The molecule has 0 radical (unpaired) electrons. The standard InChI is InChI=1S/C12H12F2O2/c13-12(14)10-3-2-8(10)9-5-7(6-15)1-4-11(9)16-12/h1,4-5,8,10,15H,2-3,6H2. The first-order valence-electron chi connectivity index (χ1n) is 5.42. The van der Waals surface area contributed by atoms with Crippen molar-refractivity contribution in [2.45, 2.75) is 31.5 Å². The molecule has 0 bridgehead atoms. The summed E-state index contributed by atoms with van der Waals surface area (Å²) in [4.78, 5) is 0. The normalized spacial score (nSPS) is 29.7. The minimum absolute atomic E-state index is 0.0684. The Bertz CT molecular complexity index is 431. The second kappa shape index (κ2) is 3.17. The third-order valence-corrected chi connectivity index (χ3v) is 3.61. The minimum Gasteiger partial charge on any atom is -0.432 e. The van der Waals surface area contributed by atoms with E-state index in [2.05, 4.69) is 0 Å². The summed E-state index contributed by atoms with van der Waals surface area (Å²) >= 11 is 0. The summed E-state index contributed by atoms with van der Waals surface area (Å²) in [6.45, 7) is -0.0684. The highest BCUT2D eigenvalue weighted by atomic mass is 19.3. The fraction of sp³-hybridized carbons (Fsp3) is 0.500. The Morgan fingerprint density at radius 2 is 2.19 bits per heavy atom. The van der Waals surface area contributed by atoms with E-state index in [4.69, 9.17) is 9.84 Å². The Labute approximate surface area is 91.8 Å². The van der Waals surface area contributed by atoms with Crippen LogP contribution in [0.3, 0.4) is 0 Å². The van der Waals surface area contributed by atoms with Crippen molar-refractivity contribution in [1.82, 2.24) is 0 Å². The van der Waals surface area contributed by atoms with Crippen molar-refractivity contribution in [3.05, 3.63) is 29.3 Å². The number of rotatable bonds is 1. The van der Waals surface area contributed by atoms with Gasteiger partial charge in [-0.15, -0.1) is 0 Å². The van der Waals surface area contributed by atoms with Crippen LogP contribution in [0.5, 0.6) is 5.75 Å². The van der Waals surface area contributed by atoms with Crippen LogP contribution in [0.15, 0.2) is 18.2 Å². The number of alkyl halides is 2. The van der Waals surface area contributed by atoms with E-state index >= 15 is 0 Å². The second-order valence-corrected chi connectivity index (χ2v) is 4.48. The highest BCUT2D eigenvalue weighted by Gasteiger charge is 2.55. The van der Waals surface area contributed by atoms with Crippen LogP contribution >= 0.6 is 0 Å². The number of aliphatic hydroxyl groups excluding tert-OH is 1. The molecule has 0 aromatic heterocycles. The average Bonchev–Trinajstić information content (AvgIpc) is 2.16. The minimum atomic E-state index is -3.03. The van der Waals surface area contributed by atoms with E-state index in [-0.39, 0.29) is 18.3 Å². The van der Waals surface area contributed by atoms with E-state index in [1.165, 1.54) is 6.07 Å². The lowest BCUT2D eigenvalue weighted by molar-refractivity contribution is -0.248. The number of hydrogen-bond acceptors (Lipinski definition) is 2. The van der Waals surface area contributed by atoms with E-state index in [0.29, 0.717) is 6.42 Å². The molecule has 0 saturated heterocycles. The molecule has 4 heteroatoms. The summed E-state index contributed by atoms with van der Waals surface area (Å²) in [5.74, 6) is -0.526. The quantitative estimate of drug-likeness (QED) is 0.797. The molecule has 1 aromatic carbocycles. The molecule has 1 aromatic rings. The molecule has 1 aliphatic carbocycles. The summed E-state index contributed by atoms with van der Waals surface area (Å²) < 4.78 is 31.7. The number of benzene rings is 1. The first kappa shape index (κ1) is 10.0. The number of halogens is 2. The molecule has 1 saturated carbocycles. The molecule has 3 rings (SSSR count). The average molecular weight is 226 g/mol. The molecular weight excluding hydrogens is 214 g/mol. The van der Waals surface area contributed by atoms with Crippen molar-refractivity contribution in [1.29, 1.82) is 0 Å². The third kappa shape index (κ3) is 1.26. The summed E-state index contributed by atoms with van der Waals surface area (Å²) in [7, 11) is 0. The van der Waals surface area contributed by atoms with E-state index in [1.54, 1.807) is 12.1 Å². The molecule has 1 fully saturated rings. The van der Waals surface area contributed by atoms with Gasteiger partial charge < -0.3 is 9.84 Å². The van der Waals surface area contributed by atoms with Crippen LogP contribution < -0.4 is 4.74 Å². The zero-order valence-corrected chi connectivity index (χ0v) is 8.62. The lowest BCUT2D eigenvalue weighted by Gasteiger charge is -2.45. The SMILES string of the molecule is OCc1ccc2c(c1)C1CCC1C(F)(F)O2. The first-order chi connectivity index (χ1) is 7.62. The predicted molar refractivity (Wildman–Crippen MR) is 53.4 cm³/mol. The van der Waals surface area contributed by atoms with Crippen LogP contribution in [0.25, 0.3) is 0 Å². The maximum atomic E-state index is 13.5. The van der Waals surface area contributed by atoms with Gasteiger partial charge in [-0.25, -0.2) is 0 Å². The molecule has 2 atom stereocenters. The number of hydrogen-bond donors (Lipinski definition) is 1. The fourth-order valence-electron chi connectivity index (χ4n) is 2.58. The summed E-state index contributed by atoms with van der Waals surface area (Å²) in [5.41, 5.74) is 1.58. The van der Waals surface area contributed by atoms with Crippen molar-refractivity contribution < 1.29 is 18.6 Å². The van der Waals surface area contributed by atoms with Crippen LogP contribution in [-0.2, 0) is 6.61 Å². The van der Waals surface area contributed by atoms with Gasteiger partial charge in [-0.1, -0.05) is 6.07 Å². The van der Waals surface area contributed by atoms with Crippen molar-refractivity contribution in [2.24, 2.45) is 5.92 Å². The van der Waals surface area contributed by atoms with Crippen LogP contribution in [0.4, 0.5) is 8.78 Å². The number of aliphatic hydroxyl groups is 1. The second-order valence-electron chi connectivity index (χ2n) is 4.48. The van der Waals surface area contributed by atoms with Gasteiger partial charge in [-0.05, 0) is 42.0 Å². The third-order valence-electron chi connectivity index (χ3n) is 3.61. The molecule has 2 aliphatic rings. The predicted octanol–water partition coefficient (Wildman–Crippen LogP) is 2.66. The van der Waals surface area contributed by atoms with Crippen molar-refractivity contribution in [2.75, 3.05) is 0 Å². The van der Waals surface area contributed by atoms with E-state index in [0.717, 1.165) is 17.5 Å². The molecule has 0 spiro atoms.